The lowest BCUT2D eigenvalue weighted by molar-refractivity contribution is -1.01. The van der Waals surface area contributed by atoms with Crippen molar-refractivity contribution in [2.45, 2.75) is 32.9 Å². The minimum Gasteiger partial charge on any atom is -0.335 e. The van der Waals surface area contributed by atoms with Crippen LogP contribution in [0.1, 0.15) is 25.1 Å². The zero-order valence-electron chi connectivity index (χ0n) is 14.0. The van der Waals surface area contributed by atoms with E-state index in [2.05, 4.69) is 28.1 Å². The van der Waals surface area contributed by atoms with Crippen LogP contribution in [0.25, 0.3) is 0 Å². The molecular weight excluding hydrogens is 312 g/mol. The van der Waals surface area contributed by atoms with E-state index in [1.54, 1.807) is 16.2 Å². The molecule has 1 atom stereocenters. The molecule has 1 aromatic rings. The second-order valence-corrected chi connectivity index (χ2v) is 7.30. The van der Waals surface area contributed by atoms with Gasteiger partial charge in [-0.15, -0.1) is 11.3 Å². The molecule has 23 heavy (non-hydrogen) atoms. The third-order valence-corrected chi connectivity index (χ3v) is 5.20. The number of carbonyl (C=O) groups is 2. The van der Waals surface area contributed by atoms with Gasteiger partial charge in [-0.25, -0.2) is 4.79 Å². The lowest BCUT2D eigenvalue weighted by Gasteiger charge is -2.29. The van der Waals surface area contributed by atoms with Crippen LogP contribution < -0.4 is 20.4 Å². The van der Waals surface area contributed by atoms with Crippen molar-refractivity contribution in [2.24, 2.45) is 0 Å². The molecule has 1 aromatic heterocycles. The molecule has 0 spiro atoms. The Labute approximate surface area is 141 Å². The lowest BCUT2D eigenvalue weighted by atomic mass is 10.3. The Balaban J connectivity index is 1.65. The predicted molar refractivity (Wildman–Crippen MR) is 90.7 cm³/mol. The highest BCUT2D eigenvalue weighted by atomic mass is 32.1. The van der Waals surface area contributed by atoms with Crippen LogP contribution in [0.4, 0.5) is 4.79 Å². The fourth-order valence-corrected chi connectivity index (χ4v) is 3.51. The molecule has 0 saturated carbocycles. The van der Waals surface area contributed by atoms with Crippen molar-refractivity contribution < 1.29 is 19.4 Å². The van der Waals surface area contributed by atoms with E-state index in [0.29, 0.717) is 6.54 Å². The highest BCUT2D eigenvalue weighted by Crippen LogP contribution is 2.05. The average molecular weight is 340 g/mol. The van der Waals surface area contributed by atoms with E-state index >= 15 is 0 Å². The van der Waals surface area contributed by atoms with Crippen LogP contribution in [-0.2, 0) is 11.3 Å². The number of urea groups is 1. The highest BCUT2D eigenvalue weighted by Gasteiger charge is 2.25. The van der Waals surface area contributed by atoms with Gasteiger partial charge in [-0.2, -0.15) is 0 Å². The van der Waals surface area contributed by atoms with Gasteiger partial charge < -0.3 is 15.1 Å². The predicted octanol–water partition coefficient (Wildman–Crippen LogP) is -1.34. The molecule has 0 bridgehead atoms. The SMILES string of the molecule is CC[C@@H](C)NC(=O)NC(=O)C[NH+]1CC[NH+](Cc2cccs2)CC1. The smallest absolute Gasteiger partial charge is 0.321 e. The van der Waals surface area contributed by atoms with Gasteiger partial charge in [0.05, 0.1) is 4.88 Å². The number of nitrogens with one attached hydrogen (secondary N) is 4. The summed E-state index contributed by atoms with van der Waals surface area (Å²) >= 11 is 1.81. The van der Waals surface area contributed by atoms with Gasteiger partial charge in [0, 0.05) is 6.04 Å². The Morgan fingerprint density at radius 3 is 2.57 bits per heavy atom. The molecule has 1 aliphatic rings. The summed E-state index contributed by atoms with van der Waals surface area (Å²) in [5.74, 6) is -0.192. The van der Waals surface area contributed by atoms with Crippen molar-refractivity contribution in [3.8, 4) is 0 Å². The van der Waals surface area contributed by atoms with Gasteiger partial charge in [0.2, 0.25) is 0 Å². The van der Waals surface area contributed by atoms with E-state index in [1.807, 2.05) is 13.8 Å². The van der Waals surface area contributed by atoms with Gasteiger partial charge in [-0.3, -0.25) is 10.1 Å². The summed E-state index contributed by atoms with van der Waals surface area (Å²) in [6.45, 7) is 9.45. The minimum atomic E-state index is -0.384. The van der Waals surface area contributed by atoms with Crippen LogP contribution in [0.3, 0.4) is 0 Å². The topological polar surface area (TPSA) is 67.1 Å². The molecule has 128 valence electrons. The summed E-state index contributed by atoms with van der Waals surface area (Å²) in [6.07, 6.45) is 0.849. The number of imide groups is 1. The first-order valence-corrected chi connectivity index (χ1v) is 9.24. The number of rotatable bonds is 6. The van der Waals surface area contributed by atoms with Crippen molar-refractivity contribution in [1.29, 1.82) is 0 Å². The van der Waals surface area contributed by atoms with Gasteiger partial charge in [-0.1, -0.05) is 13.0 Å². The van der Waals surface area contributed by atoms with Crippen LogP contribution in [0, 0.1) is 0 Å². The number of amides is 3. The number of thiophene rings is 1. The molecule has 0 aliphatic carbocycles. The molecule has 2 rings (SSSR count). The molecule has 1 saturated heterocycles. The maximum Gasteiger partial charge on any atom is 0.321 e. The largest absolute Gasteiger partial charge is 0.335 e. The summed E-state index contributed by atoms with van der Waals surface area (Å²) < 4.78 is 0. The highest BCUT2D eigenvalue weighted by molar-refractivity contribution is 7.09. The summed E-state index contributed by atoms with van der Waals surface area (Å²) in [7, 11) is 0. The lowest BCUT2D eigenvalue weighted by Crippen LogP contribution is -3.28. The van der Waals surface area contributed by atoms with Crippen LogP contribution in [0.15, 0.2) is 17.5 Å². The monoisotopic (exact) mass is 340 g/mol. The summed E-state index contributed by atoms with van der Waals surface area (Å²) in [5.41, 5.74) is 0. The van der Waals surface area contributed by atoms with E-state index in [0.717, 1.165) is 39.1 Å². The first kappa shape index (κ1) is 17.9. The number of quaternary nitrogens is 2. The molecule has 3 amide bonds. The first-order chi connectivity index (χ1) is 11.1. The molecule has 6 nitrogen and oxygen atoms in total. The van der Waals surface area contributed by atoms with Crippen LogP contribution in [-0.4, -0.2) is 50.7 Å². The summed E-state index contributed by atoms with van der Waals surface area (Å²) in [4.78, 5) is 27.8. The normalized spacial score (nSPS) is 22.3. The molecule has 4 N–H and O–H groups in total. The Hall–Kier alpha value is -1.44. The Morgan fingerprint density at radius 1 is 1.26 bits per heavy atom. The molecular formula is C16H28N4O2S+2. The molecule has 0 aromatic carbocycles. The van der Waals surface area contributed by atoms with Gasteiger partial charge in [0.15, 0.2) is 6.54 Å². The van der Waals surface area contributed by atoms with E-state index in [9.17, 15) is 9.59 Å². The minimum absolute atomic E-state index is 0.0829. The quantitative estimate of drug-likeness (QED) is 0.518. The van der Waals surface area contributed by atoms with E-state index < -0.39 is 0 Å². The van der Waals surface area contributed by atoms with E-state index in [4.69, 9.17) is 0 Å². The fourth-order valence-electron chi connectivity index (χ4n) is 2.73. The van der Waals surface area contributed by atoms with E-state index in [1.165, 1.54) is 9.78 Å². The van der Waals surface area contributed by atoms with Crippen molar-refractivity contribution in [3.05, 3.63) is 22.4 Å². The van der Waals surface area contributed by atoms with Gasteiger partial charge >= 0.3 is 6.03 Å². The molecule has 2 heterocycles. The number of hydrogen-bond acceptors (Lipinski definition) is 3. The third kappa shape index (κ3) is 6.29. The maximum atomic E-state index is 11.9. The summed E-state index contributed by atoms with van der Waals surface area (Å²) in [6, 6.07) is 3.97. The number of carbonyl (C=O) groups excluding carboxylic acids is 2. The molecule has 0 unspecified atom stereocenters. The zero-order chi connectivity index (χ0) is 16.7. The summed E-state index contributed by atoms with van der Waals surface area (Å²) in [5, 5.41) is 7.29. The van der Waals surface area contributed by atoms with Gasteiger partial charge in [-0.05, 0) is 24.8 Å². The Morgan fingerprint density at radius 2 is 1.96 bits per heavy atom. The number of hydrogen-bond donors (Lipinski definition) is 4. The van der Waals surface area contributed by atoms with E-state index in [-0.39, 0.29) is 18.0 Å². The van der Waals surface area contributed by atoms with Crippen molar-refractivity contribution in [1.82, 2.24) is 10.6 Å². The number of piperazine rings is 1. The Kier molecular flexibility index (Phi) is 7.01. The maximum absolute atomic E-state index is 11.9. The van der Waals surface area contributed by atoms with Crippen molar-refractivity contribution in [3.63, 3.8) is 0 Å². The molecule has 7 heteroatoms. The fraction of sp³-hybridized carbons (Fsp3) is 0.625. The molecule has 0 radical (unpaired) electrons. The van der Waals surface area contributed by atoms with Crippen LogP contribution in [0.5, 0.6) is 0 Å². The average Bonchev–Trinajstić information content (AvgIpc) is 3.01. The second kappa shape index (κ2) is 9.00. The van der Waals surface area contributed by atoms with Crippen molar-refractivity contribution >= 4 is 23.3 Å². The zero-order valence-corrected chi connectivity index (χ0v) is 14.8. The van der Waals surface area contributed by atoms with Gasteiger partial charge in [0.1, 0.15) is 32.7 Å². The van der Waals surface area contributed by atoms with Crippen LogP contribution >= 0.6 is 11.3 Å². The van der Waals surface area contributed by atoms with Crippen LogP contribution in [0.2, 0.25) is 0 Å². The molecule has 1 aliphatic heterocycles. The Bertz CT molecular complexity index is 498. The molecule has 1 fully saturated rings. The first-order valence-electron chi connectivity index (χ1n) is 8.36. The van der Waals surface area contributed by atoms with Crippen molar-refractivity contribution in [2.75, 3.05) is 32.7 Å². The second-order valence-electron chi connectivity index (χ2n) is 6.26. The third-order valence-electron chi connectivity index (χ3n) is 4.32. The van der Waals surface area contributed by atoms with Gasteiger partial charge in [0.25, 0.3) is 5.91 Å². The standard InChI is InChI=1S/C16H26N4O2S/c1-3-13(2)17-16(22)18-15(21)12-20-8-6-19(7-9-20)11-14-5-4-10-23-14/h4-5,10,13H,3,6-9,11-12H2,1-2H3,(H2,17,18,21,22)/p+2/t13-/m1/s1.